The van der Waals surface area contributed by atoms with Crippen molar-refractivity contribution in [1.82, 2.24) is 9.62 Å². The molecule has 2 aromatic carbocycles. The fourth-order valence-corrected chi connectivity index (χ4v) is 3.81. The highest BCUT2D eigenvalue weighted by Crippen LogP contribution is 2.15. The van der Waals surface area contributed by atoms with Crippen molar-refractivity contribution in [3.8, 4) is 0 Å². The lowest BCUT2D eigenvalue weighted by molar-refractivity contribution is -0.155. The van der Waals surface area contributed by atoms with Gasteiger partial charge in [0.2, 0.25) is 10.0 Å². The summed E-state index contributed by atoms with van der Waals surface area (Å²) in [6.07, 6.45) is -0.938. The number of benzene rings is 2. The summed E-state index contributed by atoms with van der Waals surface area (Å²) in [6, 6.07) is 10.1. The number of nitrogens with one attached hydrogen (secondary N) is 1. The fourth-order valence-electron chi connectivity index (χ4n) is 2.60. The molecular weight excluding hydrogens is 430 g/mol. The quantitative estimate of drug-likeness (QED) is 0.557. The molecule has 0 aromatic heterocycles. The number of amides is 1. The first-order chi connectivity index (χ1) is 14.6. The zero-order chi connectivity index (χ0) is 23.0. The molecule has 0 spiro atoms. The molecular formula is C21H24F2N2O5S. The standard InChI is InChI=1S/C21H24F2N2O5S/c1-15(21(27)24-14-16-5-7-17(22)8-6-16)30-20(26)4-3-13-25(2)31(28,29)19-11-9-18(23)10-12-19/h5-12,15H,3-4,13-14H2,1-2H3,(H,24,27). The molecule has 0 saturated heterocycles. The highest BCUT2D eigenvalue weighted by molar-refractivity contribution is 7.89. The minimum Gasteiger partial charge on any atom is -0.453 e. The van der Waals surface area contributed by atoms with E-state index >= 15 is 0 Å². The molecule has 31 heavy (non-hydrogen) atoms. The molecule has 1 atom stereocenters. The van der Waals surface area contributed by atoms with Gasteiger partial charge in [0.15, 0.2) is 6.10 Å². The first kappa shape index (κ1) is 24.4. The van der Waals surface area contributed by atoms with Crippen molar-refractivity contribution in [2.24, 2.45) is 0 Å². The van der Waals surface area contributed by atoms with E-state index in [4.69, 9.17) is 4.74 Å². The largest absolute Gasteiger partial charge is 0.453 e. The van der Waals surface area contributed by atoms with Crippen molar-refractivity contribution >= 4 is 21.9 Å². The van der Waals surface area contributed by atoms with Gasteiger partial charge in [-0.3, -0.25) is 9.59 Å². The fraction of sp³-hybridized carbons (Fsp3) is 0.333. The van der Waals surface area contributed by atoms with Gasteiger partial charge in [-0.05, 0) is 55.3 Å². The Hall–Kier alpha value is -2.85. The average molecular weight is 454 g/mol. The summed E-state index contributed by atoms with van der Waals surface area (Å²) in [5.74, 6) is -2.07. The summed E-state index contributed by atoms with van der Waals surface area (Å²) >= 11 is 0. The Bertz CT molecular complexity index is 995. The van der Waals surface area contributed by atoms with Gasteiger partial charge < -0.3 is 10.1 Å². The van der Waals surface area contributed by atoms with Gasteiger partial charge in [0.1, 0.15) is 11.6 Å². The summed E-state index contributed by atoms with van der Waals surface area (Å²) in [7, 11) is -2.44. The Morgan fingerprint density at radius 3 is 2.16 bits per heavy atom. The molecule has 0 heterocycles. The lowest BCUT2D eigenvalue weighted by Gasteiger charge is -2.17. The number of carbonyl (C=O) groups is 2. The molecule has 0 aliphatic heterocycles. The predicted molar refractivity (Wildman–Crippen MR) is 109 cm³/mol. The molecule has 0 aliphatic rings. The summed E-state index contributed by atoms with van der Waals surface area (Å²) in [5.41, 5.74) is 0.693. The normalized spacial score (nSPS) is 12.4. The number of sulfonamides is 1. The van der Waals surface area contributed by atoms with E-state index in [0.29, 0.717) is 5.56 Å². The van der Waals surface area contributed by atoms with Gasteiger partial charge in [-0.2, -0.15) is 0 Å². The third-order valence-corrected chi connectivity index (χ3v) is 6.30. The Balaban J connectivity index is 1.74. The van der Waals surface area contributed by atoms with Gasteiger partial charge in [0.05, 0.1) is 4.90 Å². The number of esters is 1. The van der Waals surface area contributed by atoms with Crippen LogP contribution in [0.1, 0.15) is 25.3 Å². The number of ether oxygens (including phenoxy) is 1. The van der Waals surface area contributed by atoms with Crippen LogP contribution in [0, 0.1) is 11.6 Å². The van der Waals surface area contributed by atoms with E-state index in [1.165, 1.54) is 50.4 Å². The summed E-state index contributed by atoms with van der Waals surface area (Å²) in [6.45, 7) is 1.62. The van der Waals surface area contributed by atoms with Gasteiger partial charge in [0, 0.05) is 26.6 Å². The minimum absolute atomic E-state index is 0.0416. The van der Waals surface area contributed by atoms with Gasteiger partial charge in [-0.1, -0.05) is 12.1 Å². The molecule has 2 rings (SSSR count). The van der Waals surface area contributed by atoms with E-state index < -0.39 is 33.8 Å². The maximum absolute atomic E-state index is 13.0. The Morgan fingerprint density at radius 2 is 1.58 bits per heavy atom. The van der Waals surface area contributed by atoms with Crippen LogP contribution in [0.3, 0.4) is 0 Å². The Kier molecular flexibility index (Phi) is 8.64. The molecule has 0 radical (unpaired) electrons. The second kappa shape index (κ2) is 11.0. The van der Waals surface area contributed by atoms with E-state index in [-0.39, 0.29) is 36.6 Å². The third-order valence-electron chi connectivity index (χ3n) is 4.43. The first-order valence-electron chi connectivity index (χ1n) is 9.53. The SMILES string of the molecule is CC(OC(=O)CCCN(C)S(=O)(=O)c1ccc(F)cc1)C(=O)NCc1ccc(F)cc1. The van der Waals surface area contributed by atoms with Gasteiger partial charge >= 0.3 is 5.97 Å². The van der Waals surface area contributed by atoms with Gasteiger partial charge in [-0.25, -0.2) is 21.5 Å². The summed E-state index contributed by atoms with van der Waals surface area (Å²) in [5, 5.41) is 2.59. The predicted octanol–water partition coefficient (Wildman–Crippen LogP) is 2.61. The van der Waals surface area contributed by atoms with Crippen LogP contribution >= 0.6 is 0 Å². The Labute approximate surface area is 180 Å². The molecule has 0 aliphatic carbocycles. The van der Waals surface area contributed by atoms with E-state index in [9.17, 15) is 26.8 Å². The maximum Gasteiger partial charge on any atom is 0.306 e. The molecule has 1 amide bonds. The number of hydrogen-bond donors (Lipinski definition) is 1. The van der Waals surface area contributed by atoms with Crippen LogP contribution in [0.4, 0.5) is 8.78 Å². The second-order valence-corrected chi connectivity index (χ2v) is 8.91. The van der Waals surface area contributed by atoms with Crippen LogP contribution < -0.4 is 5.32 Å². The molecule has 7 nitrogen and oxygen atoms in total. The van der Waals surface area contributed by atoms with Crippen molar-refractivity contribution < 1.29 is 31.5 Å². The lowest BCUT2D eigenvalue weighted by Crippen LogP contribution is -2.35. The minimum atomic E-state index is -3.80. The monoisotopic (exact) mass is 454 g/mol. The van der Waals surface area contributed by atoms with E-state index in [0.717, 1.165) is 16.4 Å². The molecule has 1 unspecified atom stereocenters. The van der Waals surface area contributed by atoms with Gasteiger partial charge in [-0.15, -0.1) is 0 Å². The topological polar surface area (TPSA) is 92.8 Å². The molecule has 0 saturated carbocycles. The number of halogens is 2. The Morgan fingerprint density at radius 1 is 1.03 bits per heavy atom. The second-order valence-electron chi connectivity index (χ2n) is 6.86. The smallest absolute Gasteiger partial charge is 0.306 e. The average Bonchev–Trinajstić information content (AvgIpc) is 2.73. The van der Waals surface area contributed by atoms with Crippen molar-refractivity contribution in [3.63, 3.8) is 0 Å². The molecule has 168 valence electrons. The van der Waals surface area contributed by atoms with Gasteiger partial charge in [0.25, 0.3) is 5.91 Å². The highest BCUT2D eigenvalue weighted by atomic mass is 32.2. The van der Waals surface area contributed by atoms with Crippen LogP contribution in [-0.4, -0.2) is 44.3 Å². The third kappa shape index (κ3) is 7.41. The molecule has 0 fully saturated rings. The molecule has 0 bridgehead atoms. The molecule has 10 heteroatoms. The van der Waals surface area contributed by atoms with Crippen LogP contribution in [-0.2, 0) is 30.9 Å². The zero-order valence-corrected chi connectivity index (χ0v) is 18.0. The highest BCUT2D eigenvalue weighted by Gasteiger charge is 2.22. The number of rotatable bonds is 10. The lowest BCUT2D eigenvalue weighted by atomic mass is 10.2. The van der Waals surface area contributed by atoms with E-state index in [1.54, 1.807) is 0 Å². The van der Waals surface area contributed by atoms with Crippen LogP contribution in [0.2, 0.25) is 0 Å². The number of carbonyl (C=O) groups excluding carboxylic acids is 2. The number of nitrogens with zero attached hydrogens (tertiary/aromatic N) is 1. The first-order valence-corrected chi connectivity index (χ1v) is 11.0. The van der Waals surface area contributed by atoms with Crippen LogP contribution in [0.15, 0.2) is 53.4 Å². The van der Waals surface area contributed by atoms with Crippen molar-refractivity contribution in [2.45, 2.75) is 37.3 Å². The maximum atomic E-state index is 13.0. The van der Waals surface area contributed by atoms with Crippen molar-refractivity contribution in [2.75, 3.05) is 13.6 Å². The summed E-state index contributed by atoms with van der Waals surface area (Å²) < 4.78 is 56.8. The molecule has 1 N–H and O–H groups in total. The molecule has 2 aromatic rings. The zero-order valence-electron chi connectivity index (χ0n) is 17.2. The van der Waals surface area contributed by atoms with E-state index in [2.05, 4.69) is 5.32 Å². The van der Waals surface area contributed by atoms with Crippen LogP contribution in [0.25, 0.3) is 0 Å². The van der Waals surface area contributed by atoms with E-state index in [1.807, 2.05) is 0 Å². The summed E-state index contributed by atoms with van der Waals surface area (Å²) in [4.78, 5) is 23.9. The van der Waals surface area contributed by atoms with Crippen LogP contribution in [0.5, 0.6) is 0 Å². The number of hydrogen-bond acceptors (Lipinski definition) is 5. The van der Waals surface area contributed by atoms with Crippen molar-refractivity contribution in [1.29, 1.82) is 0 Å². The van der Waals surface area contributed by atoms with Crippen molar-refractivity contribution in [3.05, 3.63) is 65.7 Å².